The number of nitrogens with one attached hydrogen (secondary N) is 2. The molecule has 0 saturated carbocycles. The lowest BCUT2D eigenvalue weighted by molar-refractivity contribution is -0.148. The van der Waals surface area contributed by atoms with Gasteiger partial charge in [0.25, 0.3) is 0 Å². The Morgan fingerprint density at radius 3 is 1.44 bits per heavy atom. The number of esters is 1. The van der Waals surface area contributed by atoms with Gasteiger partial charge in [0, 0.05) is 33.1 Å². The number of rotatable bonds is 38. The third-order valence-electron chi connectivity index (χ3n) is 9.07. The predicted molar refractivity (Wildman–Crippen MR) is 220 cm³/mol. The molecule has 2 N–H and O–H groups in total. The first-order chi connectivity index (χ1) is 25.5. The summed E-state index contributed by atoms with van der Waals surface area (Å²) < 4.78 is 10.6. The quantitative estimate of drug-likeness (QED) is 0.0375. The fourth-order valence-corrected chi connectivity index (χ4v) is 5.76. The number of unbranched alkanes of at least 4 members (excludes halogenated alkanes) is 18. The smallest absolute Gasteiger partial charge is 0.330 e. The van der Waals surface area contributed by atoms with E-state index in [1.54, 1.807) is 7.11 Å². The van der Waals surface area contributed by atoms with E-state index >= 15 is 0 Å². The Bertz CT molecular complexity index is 942. The summed E-state index contributed by atoms with van der Waals surface area (Å²) in [6.45, 7) is 5.46. The molecule has 1 atom stereocenters. The van der Waals surface area contributed by atoms with Crippen LogP contribution >= 0.6 is 0 Å². The molecule has 0 spiro atoms. The molecule has 0 fully saturated rings. The molecule has 7 nitrogen and oxygen atoms in total. The van der Waals surface area contributed by atoms with Crippen molar-refractivity contribution >= 4 is 17.8 Å². The Balaban J connectivity index is 4.26. The topological polar surface area (TPSA) is 93.7 Å². The standard InChI is InChI=1S/C45H80N2O5/c1-4-6-8-10-12-14-16-18-20-22-24-26-28-30-32-35-40-52-45(50)42(41-46-43(48)37-34-36-39-51-3)47-44(49)38-33-31-29-27-25-23-21-19-17-15-13-11-9-7-5-2/h12-15,18-21,42H,4-11,16-17,22-41H2,1-3H3,(H,46,48)(H,47,49)/b14-12-,15-13-,20-18-,21-19-. The Kier molecular flexibility index (Phi) is 39.0. The minimum Gasteiger partial charge on any atom is -0.464 e. The van der Waals surface area contributed by atoms with Gasteiger partial charge in [0.2, 0.25) is 11.8 Å². The second-order valence-corrected chi connectivity index (χ2v) is 14.1. The second kappa shape index (κ2) is 41.1. The summed E-state index contributed by atoms with van der Waals surface area (Å²) in [6, 6.07) is -0.877. The molecule has 0 radical (unpaired) electrons. The van der Waals surface area contributed by atoms with E-state index in [1.165, 1.54) is 70.6 Å². The molecule has 0 aromatic carbocycles. The highest BCUT2D eigenvalue weighted by atomic mass is 16.5. The minimum absolute atomic E-state index is 0.0412. The van der Waals surface area contributed by atoms with Crippen LogP contribution in [0.15, 0.2) is 48.6 Å². The molecule has 0 aliphatic carbocycles. The van der Waals surface area contributed by atoms with Crippen molar-refractivity contribution in [3.05, 3.63) is 48.6 Å². The molecule has 300 valence electrons. The summed E-state index contributed by atoms with van der Waals surface area (Å²) in [5.74, 6) is -0.784. The Morgan fingerprint density at radius 2 is 0.923 bits per heavy atom. The van der Waals surface area contributed by atoms with Crippen molar-refractivity contribution < 1.29 is 23.9 Å². The molecule has 0 heterocycles. The first-order valence-corrected chi connectivity index (χ1v) is 21.4. The first kappa shape index (κ1) is 49.3. The summed E-state index contributed by atoms with van der Waals surface area (Å²) in [4.78, 5) is 38.0. The predicted octanol–water partition coefficient (Wildman–Crippen LogP) is 11.6. The lowest BCUT2D eigenvalue weighted by Crippen LogP contribution is -2.49. The van der Waals surface area contributed by atoms with Crippen LogP contribution in [0.5, 0.6) is 0 Å². The van der Waals surface area contributed by atoms with E-state index in [0.29, 0.717) is 32.5 Å². The van der Waals surface area contributed by atoms with Crippen LogP contribution in [0.2, 0.25) is 0 Å². The van der Waals surface area contributed by atoms with Gasteiger partial charge in [0.15, 0.2) is 0 Å². The minimum atomic E-state index is -0.877. The highest BCUT2D eigenvalue weighted by Crippen LogP contribution is 2.10. The maximum atomic E-state index is 12.9. The number of hydrogen-bond acceptors (Lipinski definition) is 5. The van der Waals surface area contributed by atoms with Crippen LogP contribution in [0.3, 0.4) is 0 Å². The van der Waals surface area contributed by atoms with Gasteiger partial charge in [0.05, 0.1) is 6.61 Å². The van der Waals surface area contributed by atoms with Crippen molar-refractivity contribution in [3.8, 4) is 0 Å². The number of amides is 2. The van der Waals surface area contributed by atoms with Gasteiger partial charge in [-0.3, -0.25) is 9.59 Å². The Hall–Kier alpha value is -2.67. The molecular weight excluding hydrogens is 649 g/mol. The molecule has 0 aromatic rings. The Labute approximate surface area is 320 Å². The third-order valence-corrected chi connectivity index (χ3v) is 9.07. The second-order valence-electron chi connectivity index (χ2n) is 14.1. The zero-order valence-electron chi connectivity index (χ0n) is 34.0. The van der Waals surface area contributed by atoms with E-state index in [0.717, 1.165) is 83.5 Å². The maximum Gasteiger partial charge on any atom is 0.330 e. The third kappa shape index (κ3) is 37.1. The SMILES string of the molecule is CCCCC/C=C\C/C=C\CCCCCCCCOC(=O)C(CNC(=O)CCCCOC)NC(=O)CCCCCCC/C=C\C/C=C\CCCCC. The molecule has 0 bridgehead atoms. The van der Waals surface area contributed by atoms with Crippen molar-refractivity contribution in [2.75, 3.05) is 26.9 Å². The number of carbonyl (C=O) groups excluding carboxylic acids is 3. The first-order valence-electron chi connectivity index (χ1n) is 21.4. The van der Waals surface area contributed by atoms with Crippen LogP contribution < -0.4 is 10.6 Å². The van der Waals surface area contributed by atoms with Crippen LogP contribution in [0.4, 0.5) is 0 Å². The van der Waals surface area contributed by atoms with Crippen LogP contribution in [-0.4, -0.2) is 50.7 Å². The number of allylic oxidation sites excluding steroid dienone is 8. The van der Waals surface area contributed by atoms with Gasteiger partial charge in [-0.05, 0) is 89.9 Å². The number of hydrogen-bond donors (Lipinski definition) is 2. The van der Waals surface area contributed by atoms with Gasteiger partial charge >= 0.3 is 5.97 Å². The van der Waals surface area contributed by atoms with Gasteiger partial charge in [-0.1, -0.05) is 133 Å². The maximum absolute atomic E-state index is 12.9. The molecule has 0 rings (SSSR count). The average molecular weight is 729 g/mol. The van der Waals surface area contributed by atoms with E-state index in [4.69, 9.17) is 9.47 Å². The van der Waals surface area contributed by atoms with Crippen molar-refractivity contribution in [2.24, 2.45) is 0 Å². The van der Waals surface area contributed by atoms with E-state index in [9.17, 15) is 14.4 Å². The van der Waals surface area contributed by atoms with E-state index < -0.39 is 12.0 Å². The van der Waals surface area contributed by atoms with Crippen LogP contribution in [-0.2, 0) is 23.9 Å². The molecule has 0 saturated heterocycles. The zero-order chi connectivity index (χ0) is 38.0. The Morgan fingerprint density at radius 1 is 0.500 bits per heavy atom. The van der Waals surface area contributed by atoms with Crippen molar-refractivity contribution in [1.82, 2.24) is 10.6 Å². The number of methoxy groups -OCH3 is 1. The molecule has 52 heavy (non-hydrogen) atoms. The largest absolute Gasteiger partial charge is 0.464 e. The van der Waals surface area contributed by atoms with E-state index in [2.05, 4.69) is 73.1 Å². The van der Waals surface area contributed by atoms with Crippen LogP contribution in [0, 0.1) is 0 Å². The van der Waals surface area contributed by atoms with Gasteiger partial charge < -0.3 is 20.1 Å². The summed E-state index contributed by atoms with van der Waals surface area (Å²) in [7, 11) is 1.64. The lowest BCUT2D eigenvalue weighted by Gasteiger charge is -2.18. The monoisotopic (exact) mass is 729 g/mol. The van der Waals surface area contributed by atoms with Crippen LogP contribution in [0.1, 0.15) is 187 Å². The average Bonchev–Trinajstić information content (AvgIpc) is 3.14. The summed E-state index contributed by atoms with van der Waals surface area (Å²) >= 11 is 0. The van der Waals surface area contributed by atoms with Crippen molar-refractivity contribution in [2.45, 2.75) is 193 Å². The van der Waals surface area contributed by atoms with Crippen LogP contribution in [0.25, 0.3) is 0 Å². The molecule has 7 heteroatoms. The molecule has 0 aliphatic rings. The molecular formula is C45H80N2O5. The van der Waals surface area contributed by atoms with Crippen molar-refractivity contribution in [1.29, 1.82) is 0 Å². The summed E-state index contributed by atoms with van der Waals surface area (Å²) in [5, 5.41) is 5.65. The van der Waals surface area contributed by atoms with Gasteiger partial charge in [-0.15, -0.1) is 0 Å². The van der Waals surface area contributed by atoms with Gasteiger partial charge in [-0.2, -0.15) is 0 Å². The van der Waals surface area contributed by atoms with Crippen molar-refractivity contribution in [3.63, 3.8) is 0 Å². The van der Waals surface area contributed by atoms with Gasteiger partial charge in [0.1, 0.15) is 6.04 Å². The van der Waals surface area contributed by atoms with E-state index in [1.807, 2.05) is 0 Å². The highest BCUT2D eigenvalue weighted by molar-refractivity contribution is 5.85. The van der Waals surface area contributed by atoms with E-state index in [-0.39, 0.29) is 18.4 Å². The zero-order valence-corrected chi connectivity index (χ0v) is 34.0. The molecule has 1 unspecified atom stereocenters. The fraction of sp³-hybridized carbons (Fsp3) is 0.756. The molecule has 0 aromatic heterocycles. The number of ether oxygens (including phenoxy) is 2. The normalized spacial score (nSPS) is 12.4. The fourth-order valence-electron chi connectivity index (χ4n) is 5.76. The lowest BCUT2D eigenvalue weighted by atomic mass is 10.1. The van der Waals surface area contributed by atoms with Gasteiger partial charge in [-0.25, -0.2) is 4.79 Å². The number of carbonyl (C=O) groups is 3. The summed E-state index contributed by atoms with van der Waals surface area (Å²) in [6.07, 6.45) is 46.6. The summed E-state index contributed by atoms with van der Waals surface area (Å²) in [5.41, 5.74) is 0. The highest BCUT2D eigenvalue weighted by Gasteiger charge is 2.23. The molecule has 2 amide bonds. The molecule has 0 aliphatic heterocycles.